The molecule has 1 aliphatic heterocycles. The molecule has 0 aliphatic carbocycles. The van der Waals surface area contributed by atoms with Crippen molar-refractivity contribution in [3.63, 3.8) is 0 Å². The first-order valence-electron chi connectivity index (χ1n) is 7.74. The van der Waals surface area contributed by atoms with E-state index in [1.807, 2.05) is 11.9 Å². The molecule has 1 aromatic carbocycles. The standard InChI is InChI=1S/C15H15F3N4O4S/c1-22-5-8(6-22)7-27(24,25)11-4-9(2-3-10(11)12(19)23)13-20-14(26-21-13)15(16,17)18/h2-4,8H,5-7H2,1H3,(H2,19,23). The molecule has 2 aromatic rings. The molecule has 0 atom stereocenters. The van der Waals surface area contributed by atoms with Gasteiger partial charge in [0.1, 0.15) is 0 Å². The smallest absolute Gasteiger partial charge is 0.366 e. The van der Waals surface area contributed by atoms with Crippen molar-refractivity contribution in [3.05, 3.63) is 29.7 Å². The summed E-state index contributed by atoms with van der Waals surface area (Å²) in [6.07, 6.45) is -4.83. The Hall–Kier alpha value is -2.47. The maximum Gasteiger partial charge on any atom is 0.471 e. The second-order valence-corrected chi connectivity index (χ2v) is 8.37. The molecule has 0 unspecified atom stereocenters. The third-order valence-electron chi connectivity index (χ3n) is 4.10. The van der Waals surface area contributed by atoms with Crippen LogP contribution >= 0.6 is 0 Å². The van der Waals surface area contributed by atoms with Crippen LogP contribution in [0.5, 0.6) is 0 Å². The van der Waals surface area contributed by atoms with Crippen LogP contribution in [0, 0.1) is 5.92 Å². The van der Waals surface area contributed by atoms with Gasteiger partial charge >= 0.3 is 12.1 Å². The van der Waals surface area contributed by atoms with E-state index < -0.39 is 33.6 Å². The zero-order valence-electron chi connectivity index (χ0n) is 14.0. The number of halogens is 3. The van der Waals surface area contributed by atoms with Crippen LogP contribution in [-0.4, -0.2) is 55.3 Å². The number of amides is 1. The number of rotatable bonds is 5. The topological polar surface area (TPSA) is 119 Å². The molecule has 1 saturated heterocycles. The number of likely N-dealkylation sites (tertiary alicyclic amines) is 1. The van der Waals surface area contributed by atoms with E-state index in [9.17, 15) is 26.4 Å². The summed E-state index contributed by atoms with van der Waals surface area (Å²) in [4.78, 5) is 16.4. The molecule has 12 heteroatoms. The highest BCUT2D eigenvalue weighted by atomic mass is 32.2. The van der Waals surface area contributed by atoms with Crippen LogP contribution in [-0.2, 0) is 16.0 Å². The van der Waals surface area contributed by atoms with Crippen molar-refractivity contribution in [2.45, 2.75) is 11.1 Å². The number of nitrogens with zero attached hydrogens (tertiary/aromatic N) is 3. The second kappa shape index (κ2) is 6.60. The summed E-state index contributed by atoms with van der Waals surface area (Å²) in [5.41, 5.74) is 4.97. The van der Waals surface area contributed by atoms with Gasteiger partial charge in [-0.2, -0.15) is 18.2 Å². The molecule has 1 amide bonds. The Kier molecular flexibility index (Phi) is 4.72. The van der Waals surface area contributed by atoms with Crippen LogP contribution in [0.3, 0.4) is 0 Å². The molecule has 1 aliphatic rings. The molecule has 1 fully saturated rings. The van der Waals surface area contributed by atoms with Crippen molar-refractivity contribution in [1.29, 1.82) is 0 Å². The molecular formula is C15H15F3N4O4S. The van der Waals surface area contributed by atoms with Crippen LogP contribution in [0.25, 0.3) is 11.4 Å². The van der Waals surface area contributed by atoms with E-state index in [4.69, 9.17) is 5.73 Å². The molecular weight excluding hydrogens is 389 g/mol. The maximum absolute atomic E-state index is 12.7. The molecule has 146 valence electrons. The number of benzene rings is 1. The largest absolute Gasteiger partial charge is 0.471 e. The summed E-state index contributed by atoms with van der Waals surface area (Å²) in [6.45, 7) is 1.18. The summed E-state index contributed by atoms with van der Waals surface area (Å²) in [6, 6.07) is 3.38. The predicted molar refractivity (Wildman–Crippen MR) is 86.3 cm³/mol. The first kappa shape index (κ1) is 19.3. The lowest BCUT2D eigenvalue weighted by atomic mass is 10.0. The summed E-state index contributed by atoms with van der Waals surface area (Å²) < 4.78 is 67.5. The maximum atomic E-state index is 12.7. The van der Waals surface area contributed by atoms with Crippen LogP contribution in [0.1, 0.15) is 16.2 Å². The highest BCUT2D eigenvalue weighted by Crippen LogP contribution is 2.31. The fraction of sp³-hybridized carbons (Fsp3) is 0.400. The zero-order chi connectivity index (χ0) is 20.0. The van der Waals surface area contributed by atoms with Gasteiger partial charge in [0.2, 0.25) is 11.7 Å². The van der Waals surface area contributed by atoms with Gasteiger partial charge in [-0.05, 0) is 25.1 Å². The Morgan fingerprint density at radius 1 is 1.37 bits per heavy atom. The highest BCUT2D eigenvalue weighted by molar-refractivity contribution is 7.91. The van der Waals surface area contributed by atoms with E-state index >= 15 is 0 Å². The molecule has 3 rings (SSSR count). The predicted octanol–water partition coefficient (Wildman–Crippen LogP) is 1.19. The lowest BCUT2D eigenvalue weighted by Gasteiger charge is -2.35. The van der Waals surface area contributed by atoms with Crippen LogP contribution in [0.15, 0.2) is 27.6 Å². The highest BCUT2D eigenvalue weighted by Gasteiger charge is 2.39. The van der Waals surface area contributed by atoms with Crippen molar-refractivity contribution < 1.29 is 30.9 Å². The van der Waals surface area contributed by atoms with E-state index in [1.54, 1.807) is 0 Å². The third-order valence-corrected chi connectivity index (χ3v) is 6.02. The minimum atomic E-state index is -4.83. The molecule has 2 N–H and O–H groups in total. The van der Waals surface area contributed by atoms with Gasteiger partial charge in [-0.3, -0.25) is 4.79 Å². The second-order valence-electron chi connectivity index (χ2n) is 6.36. The number of aromatic nitrogens is 2. The Balaban J connectivity index is 2.00. The van der Waals surface area contributed by atoms with Crippen LogP contribution in [0.4, 0.5) is 13.2 Å². The fourth-order valence-corrected chi connectivity index (χ4v) is 4.73. The molecule has 2 heterocycles. The van der Waals surface area contributed by atoms with E-state index in [0.717, 1.165) is 12.1 Å². The van der Waals surface area contributed by atoms with Crippen LogP contribution < -0.4 is 5.73 Å². The number of sulfone groups is 1. The van der Waals surface area contributed by atoms with E-state index in [1.165, 1.54) is 6.07 Å². The first-order valence-corrected chi connectivity index (χ1v) is 9.39. The van der Waals surface area contributed by atoms with Crippen molar-refractivity contribution in [2.75, 3.05) is 25.9 Å². The van der Waals surface area contributed by atoms with Crippen molar-refractivity contribution in [1.82, 2.24) is 15.0 Å². The normalized spacial score (nSPS) is 16.3. The average Bonchev–Trinajstić information content (AvgIpc) is 3.02. The summed E-state index contributed by atoms with van der Waals surface area (Å²) in [5.74, 6) is -3.28. The van der Waals surface area contributed by atoms with E-state index in [2.05, 4.69) is 14.7 Å². The minimum absolute atomic E-state index is 0.0384. The molecule has 0 bridgehead atoms. The van der Waals surface area contributed by atoms with Crippen LogP contribution in [0.2, 0.25) is 0 Å². The Morgan fingerprint density at radius 3 is 2.56 bits per heavy atom. The molecule has 8 nitrogen and oxygen atoms in total. The molecule has 1 aromatic heterocycles. The zero-order valence-corrected chi connectivity index (χ0v) is 14.8. The van der Waals surface area contributed by atoms with Gasteiger partial charge < -0.3 is 15.2 Å². The summed E-state index contributed by atoms with van der Waals surface area (Å²) in [5, 5.41) is 3.23. The van der Waals surface area contributed by atoms with Crippen molar-refractivity contribution in [2.24, 2.45) is 11.7 Å². The van der Waals surface area contributed by atoms with Gasteiger partial charge in [0.25, 0.3) is 0 Å². The van der Waals surface area contributed by atoms with Gasteiger partial charge in [-0.1, -0.05) is 11.2 Å². The third kappa shape index (κ3) is 3.95. The quantitative estimate of drug-likeness (QED) is 0.795. The lowest BCUT2D eigenvalue weighted by Crippen LogP contribution is -2.46. The number of hydrogen-bond acceptors (Lipinski definition) is 7. The first-order chi connectivity index (χ1) is 12.5. The average molecular weight is 404 g/mol. The number of carbonyl (C=O) groups is 1. The molecule has 0 saturated carbocycles. The number of primary amides is 1. The monoisotopic (exact) mass is 404 g/mol. The molecule has 27 heavy (non-hydrogen) atoms. The summed E-state index contributed by atoms with van der Waals surface area (Å²) in [7, 11) is -2.07. The Bertz CT molecular complexity index is 981. The Morgan fingerprint density at radius 2 is 2.04 bits per heavy atom. The number of alkyl halides is 3. The van der Waals surface area contributed by atoms with Crippen molar-refractivity contribution in [3.8, 4) is 11.4 Å². The lowest BCUT2D eigenvalue weighted by molar-refractivity contribution is -0.159. The van der Waals surface area contributed by atoms with Gasteiger partial charge in [-0.25, -0.2) is 8.42 Å². The van der Waals surface area contributed by atoms with Gasteiger partial charge in [0.15, 0.2) is 9.84 Å². The van der Waals surface area contributed by atoms with Gasteiger partial charge in [-0.15, -0.1) is 0 Å². The fourth-order valence-electron chi connectivity index (χ4n) is 2.91. The van der Waals surface area contributed by atoms with Gasteiger partial charge in [0, 0.05) is 18.7 Å². The number of hydrogen-bond donors (Lipinski definition) is 1. The van der Waals surface area contributed by atoms with Gasteiger partial charge in [0.05, 0.1) is 16.2 Å². The Labute approximate surface area is 152 Å². The van der Waals surface area contributed by atoms with E-state index in [-0.39, 0.29) is 27.7 Å². The van der Waals surface area contributed by atoms with Crippen molar-refractivity contribution >= 4 is 15.7 Å². The minimum Gasteiger partial charge on any atom is -0.366 e. The van der Waals surface area contributed by atoms with E-state index in [0.29, 0.717) is 13.1 Å². The number of nitrogens with two attached hydrogens (primary N) is 1. The molecule has 0 spiro atoms. The molecule has 0 radical (unpaired) electrons. The SMILES string of the molecule is CN1CC(CS(=O)(=O)c2cc(-c3noc(C(F)(F)F)n3)ccc2C(N)=O)C1. The summed E-state index contributed by atoms with van der Waals surface area (Å²) >= 11 is 0. The number of carbonyl (C=O) groups excluding carboxylic acids is 1.